The lowest BCUT2D eigenvalue weighted by molar-refractivity contribution is -0.181. The molecule has 86 valence electrons. The lowest BCUT2D eigenvalue weighted by Gasteiger charge is -2.39. The summed E-state index contributed by atoms with van der Waals surface area (Å²) in [5.74, 6) is 0.162. The molecule has 2 unspecified atom stereocenters. The van der Waals surface area contributed by atoms with Crippen LogP contribution in [0.3, 0.4) is 0 Å². The molecule has 4 nitrogen and oxygen atoms in total. The predicted molar refractivity (Wildman–Crippen MR) is 53.8 cm³/mol. The van der Waals surface area contributed by atoms with E-state index in [4.69, 9.17) is 14.2 Å². The average Bonchev–Trinajstić information content (AvgIpc) is 2.16. The van der Waals surface area contributed by atoms with Crippen LogP contribution in [0.15, 0.2) is 0 Å². The molecule has 0 aliphatic heterocycles. The molecule has 15 heavy (non-hydrogen) atoms. The van der Waals surface area contributed by atoms with E-state index in [1.165, 1.54) is 6.42 Å². The third-order valence-electron chi connectivity index (χ3n) is 3.06. The van der Waals surface area contributed by atoms with Crippen molar-refractivity contribution in [2.75, 3.05) is 20.3 Å². The van der Waals surface area contributed by atoms with Gasteiger partial charge in [-0.15, -0.1) is 0 Å². The van der Waals surface area contributed by atoms with Crippen molar-refractivity contribution in [2.45, 2.75) is 44.0 Å². The van der Waals surface area contributed by atoms with E-state index >= 15 is 0 Å². The Balaban J connectivity index is 1.68. The lowest BCUT2D eigenvalue weighted by Crippen LogP contribution is -2.52. The molecule has 0 saturated heterocycles. The molecule has 0 spiro atoms. The smallest absolute Gasteiger partial charge is 0.166 e. The number of carbonyl (C=O) groups is 1. The number of Topliss-reactive ketones (excluding diaryl/α,β-unsaturated/α-hetero) is 1. The van der Waals surface area contributed by atoms with Crippen molar-refractivity contribution in [1.29, 1.82) is 0 Å². The fraction of sp³-hybridized carbons (Fsp3) is 0.909. The summed E-state index contributed by atoms with van der Waals surface area (Å²) in [7, 11) is 1.62. The Hall–Kier alpha value is -0.450. The van der Waals surface area contributed by atoms with E-state index in [2.05, 4.69) is 0 Å². The van der Waals surface area contributed by atoms with Gasteiger partial charge in [-0.05, 0) is 19.3 Å². The lowest BCUT2D eigenvalue weighted by atomic mass is 9.88. The molecule has 2 fully saturated rings. The first kappa shape index (κ1) is 11.0. The van der Waals surface area contributed by atoms with Crippen LogP contribution in [0.5, 0.6) is 0 Å². The summed E-state index contributed by atoms with van der Waals surface area (Å²) >= 11 is 0. The molecule has 2 atom stereocenters. The highest BCUT2D eigenvalue weighted by Crippen LogP contribution is 2.30. The Bertz CT molecular complexity index is 225. The Morgan fingerprint density at radius 3 is 2.67 bits per heavy atom. The van der Waals surface area contributed by atoms with E-state index in [9.17, 15) is 4.79 Å². The zero-order valence-electron chi connectivity index (χ0n) is 9.11. The zero-order valence-corrected chi connectivity index (χ0v) is 9.11. The Labute approximate surface area is 89.9 Å². The second-order valence-electron chi connectivity index (χ2n) is 4.18. The summed E-state index contributed by atoms with van der Waals surface area (Å²) in [5.41, 5.74) is 0. The molecule has 0 amide bonds. The number of methoxy groups -OCH3 is 1. The highest BCUT2D eigenvalue weighted by Gasteiger charge is 2.43. The summed E-state index contributed by atoms with van der Waals surface area (Å²) in [6.07, 6.45) is 4.08. The van der Waals surface area contributed by atoms with Crippen LogP contribution in [0.25, 0.3) is 0 Å². The van der Waals surface area contributed by atoms with Crippen LogP contribution < -0.4 is 0 Å². The highest BCUT2D eigenvalue weighted by atomic mass is 16.6. The quantitative estimate of drug-likeness (QED) is 0.617. The second-order valence-corrected chi connectivity index (χ2v) is 4.18. The van der Waals surface area contributed by atoms with Gasteiger partial charge in [-0.25, -0.2) is 0 Å². The molecule has 4 heteroatoms. The average molecular weight is 214 g/mol. The first-order chi connectivity index (χ1) is 7.31. The molecule has 0 bridgehead atoms. The minimum atomic E-state index is -0.333. The standard InChI is InChI=1S/C11H18O4/c1-13-5-6-14-11-9(12)7-10(11)15-8-3-2-4-8/h8,10-11H,2-7H2,1H3. The molecule has 0 aromatic heterocycles. The molecule has 2 rings (SSSR count). The maximum Gasteiger partial charge on any atom is 0.166 e. The first-order valence-electron chi connectivity index (χ1n) is 5.60. The number of hydrogen-bond donors (Lipinski definition) is 0. The maximum atomic E-state index is 11.3. The molecule has 0 aromatic carbocycles. The second kappa shape index (κ2) is 5.05. The molecule has 2 saturated carbocycles. The van der Waals surface area contributed by atoms with Crippen molar-refractivity contribution in [3.63, 3.8) is 0 Å². The summed E-state index contributed by atoms with van der Waals surface area (Å²) in [4.78, 5) is 11.3. The van der Waals surface area contributed by atoms with Crippen molar-refractivity contribution in [3.8, 4) is 0 Å². The van der Waals surface area contributed by atoms with Gasteiger partial charge in [-0.2, -0.15) is 0 Å². The molecule has 2 aliphatic carbocycles. The van der Waals surface area contributed by atoms with Crippen LogP contribution in [0.1, 0.15) is 25.7 Å². The summed E-state index contributed by atoms with van der Waals surface area (Å²) in [6.45, 7) is 0.997. The van der Waals surface area contributed by atoms with Gasteiger partial charge in [0.05, 0.1) is 25.4 Å². The highest BCUT2D eigenvalue weighted by molar-refractivity contribution is 5.90. The number of rotatable bonds is 6. The summed E-state index contributed by atoms with van der Waals surface area (Å²) in [5, 5.41) is 0. The van der Waals surface area contributed by atoms with Crippen LogP contribution in [0.2, 0.25) is 0 Å². The van der Waals surface area contributed by atoms with Gasteiger partial charge in [0, 0.05) is 13.5 Å². The van der Waals surface area contributed by atoms with Gasteiger partial charge >= 0.3 is 0 Å². The summed E-state index contributed by atoms with van der Waals surface area (Å²) < 4.78 is 16.0. The van der Waals surface area contributed by atoms with E-state index in [1.807, 2.05) is 0 Å². The van der Waals surface area contributed by atoms with Gasteiger partial charge in [-0.3, -0.25) is 4.79 Å². The number of carbonyl (C=O) groups excluding carboxylic acids is 1. The van der Waals surface area contributed by atoms with Gasteiger partial charge in [0.1, 0.15) is 6.10 Å². The molecule has 2 aliphatic rings. The van der Waals surface area contributed by atoms with Crippen LogP contribution in [0.4, 0.5) is 0 Å². The van der Waals surface area contributed by atoms with Gasteiger partial charge < -0.3 is 14.2 Å². The van der Waals surface area contributed by atoms with Crippen molar-refractivity contribution < 1.29 is 19.0 Å². The number of ketones is 1. The minimum Gasteiger partial charge on any atom is -0.382 e. The van der Waals surface area contributed by atoms with Crippen LogP contribution in [0, 0.1) is 0 Å². The van der Waals surface area contributed by atoms with E-state index in [1.54, 1.807) is 7.11 Å². The molecule has 0 N–H and O–H groups in total. The zero-order chi connectivity index (χ0) is 10.7. The topological polar surface area (TPSA) is 44.8 Å². The SMILES string of the molecule is COCCOC1C(=O)CC1OC1CCC1. The maximum absolute atomic E-state index is 11.3. The van der Waals surface area contributed by atoms with Crippen molar-refractivity contribution in [2.24, 2.45) is 0 Å². The fourth-order valence-electron chi connectivity index (χ4n) is 1.80. The van der Waals surface area contributed by atoms with E-state index < -0.39 is 0 Å². The van der Waals surface area contributed by atoms with E-state index in [0.29, 0.717) is 25.7 Å². The van der Waals surface area contributed by atoms with Gasteiger partial charge in [0.2, 0.25) is 0 Å². The van der Waals surface area contributed by atoms with Crippen LogP contribution in [-0.4, -0.2) is 44.4 Å². The molecule has 0 radical (unpaired) electrons. The molecule has 0 aromatic rings. The minimum absolute atomic E-state index is 0.000318. The third-order valence-corrected chi connectivity index (χ3v) is 3.06. The van der Waals surface area contributed by atoms with Crippen molar-refractivity contribution in [3.05, 3.63) is 0 Å². The van der Waals surface area contributed by atoms with E-state index in [0.717, 1.165) is 12.8 Å². The molecular formula is C11H18O4. The Morgan fingerprint density at radius 1 is 1.33 bits per heavy atom. The van der Waals surface area contributed by atoms with Gasteiger partial charge in [0.25, 0.3) is 0 Å². The van der Waals surface area contributed by atoms with Crippen LogP contribution >= 0.6 is 0 Å². The Morgan fingerprint density at radius 2 is 2.13 bits per heavy atom. The van der Waals surface area contributed by atoms with Gasteiger partial charge in [-0.1, -0.05) is 0 Å². The van der Waals surface area contributed by atoms with Crippen LogP contribution in [-0.2, 0) is 19.0 Å². The fourth-order valence-corrected chi connectivity index (χ4v) is 1.80. The number of ether oxygens (including phenoxy) is 3. The largest absolute Gasteiger partial charge is 0.382 e. The summed E-state index contributed by atoms with van der Waals surface area (Å²) in [6, 6.07) is 0. The van der Waals surface area contributed by atoms with Crippen molar-refractivity contribution >= 4 is 5.78 Å². The van der Waals surface area contributed by atoms with Crippen molar-refractivity contribution in [1.82, 2.24) is 0 Å². The normalized spacial score (nSPS) is 31.1. The molecular weight excluding hydrogens is 196 g/mol. The Kier molecular flexibility index (Phi) is 3.72. The van der Waals surface area contributed by atoms with E-state index in [-0.39, 0.29) is 18.0 Å². The third kappa shape index (κ3) is 2.56. The molecule has 0 heterocycles. The van der Waals surface area contributed by atoms with Gasteiger partial charge in [0.15, 0.2) is 5.78 Å². The number of hydrogen-bond acceptors (Lipinski definition) is 4. The monoisotopic (exact) mass is 214 g/mol. The predicted octanol–water partition coefficient (Wildman–Crippen LogP) is 0.928. The first-order valence-corrected chi connectivity index (χ1v) is 5.60.